The number of benzene rings is 2. The van der Waals surface area contributed by atoms with Gasteiger partial charge in [-0.05, 0) is 57.0 Å². The fourth-order valence-electron chi connectivity index (χ4n) is 2.20. The predicted octanol–water partition coefficient (Wildman–Crippen LogP) is 2.83. The van der Waals surface area contributed by atoms with Crippen molar-refractivity contribution in [3.8, 4) is 6.07 Å². The summed E-state index contributed by atoms with van der Waals surface area (Å²) in [4.78, 5) is 4.25. The molecule has 0 aliphatic carbocycles. The number of rotatable bonds is 5. The molecule has 0 spiro atoms. The van der Waals surface area contributed by atoms with E-state index < -0.39 is 0 Å². The molecule has 0 bridgehead atoms. The van der Waals surface area contributed by atoms with Gasteiger partial charge in [-0.15, -0.1) is 0 Å². The van der Waals surface area contributed by atoms with Crippen LogP contribution in [0, 0.1) is 11.3 Å². The Morgan fingerprint density at radius 1 is 0.750 bits per heavy atom. The molecule has 2 aromatic carbocycles. The molecule has 0 amide bonds. The number of hydrogen-bond donors (Lipinski definition) is 1. The Balaban J connectivity index is 0.000000240. The van der Waals surface area contributed by atoms with Crippen LogP contribution < -0.4 is 5.73 Å². The predicted molar refractivity (Wildman–Crippen MR) is 100 cm³/mol. The van der Waals surface area contributed by atoms with Crippen LogP contribution in [0.3, 0.4) is 0 Å². The number of hydrogen-bond acceptors (Lipinski definition) is 4. The molecular weight excluding hydrogens is 296 g/mol. The van der Waals surface area contributed by atoms with E-state index in [0.717, 1.165) is 18.7 Å². The minimum Gasteiger partial charge on any atom is -0.326 e. The molecule has 0 aromatic heterocycles. The topological polar surface area (TPSA) is 56.3 Å². The van der Waals surface area contributed by atoms with Crippen molar-refractivity contribution < 1.29 is 0 Å². The third-order valence-corrected chi connectivity index (χ3v) is 3.34. The summed E-state index contributed by atoms with van der Waals surface area (Å²) in [5.41, 5.74) is 9.97. The quantitative estimate of drug-likeness (QED) is 0.919. The largest absolute Gasteiger partial charge is 0.326 e. The molecule has 0 atom stereocenters. The van der Waals surface area contributed by atoms with Crippen LogP contribution in [0.4, 0.5) is 0 Å². The SMILES string of the molecule is CN(C)Cc1ccc(C#N)cc1.CN(C)Cc1ccc(CN)cc1. The van der Waals surface area contributed by atoms with Crippen molar-refractivity contribution in [2.24, 2.45) is 5.73 Å². The van der Waals surface area contributed by atoms with Gasteiger partial charge in [-0.2, -0.15) is 5.26 Å². The van der Waals surface area contributed by atoms with E-state index in [1.54, 1.807) is 0 Å². The summed E-state index contributed by atoms with van der Waals surface area (Å²) in [6.07, 6.45) is 0. The van der Waals surface area contributed by atoms with Gasteiger partial charge in [0.15, 0.2) is 0 Å². The maximum Gasteiger partial charge on any atom is 0.0991 e. The van der Waals surface area contributed by atoms with E-state index in [1.807, 2.05) is 38.4 Å². The Morgan fingerprint density at radius 2 is 1.12 bits per heavy atom. The summed E-state index contributed by atoms with van der Waals surface area (Å²) >= 11 is 0. The maximum atomic E-state index is 8.55. The van der Waals surface area contributed by atoms with Crippen molar-refractivity contribution >= 4 is 0 Å². The van der Waals surface area contributed by atoms with Gasteiger partial charge in [0.2, 0.25) is 0 Å². The zero-order chi connectivity index (χ0) is 17.9. The van der Waals surface area contributed by atoms with Crippen molar-refractivity contribution in [3.05, 3.63) is 70.8 Å². The second-order valence-electron chi connectivity index (χ2n) is 6.30. The van der Waals surface area contributed by atoms with Crippen LogP contribution in [-0.2, 0) is 19.6 Å². The summed E-state index contributed by atoms with van der Waals surface area (Å²) in [5.74, 6) is 0. The normalized spacial score (nSPS) is 10.2. The van der Waals surface area contributed by atoms with Crippen LogP contribution in [0.5, 0.6) is 0 Å². The molecule has 0 radical (unpaired) electrons. The molecule has 128 valence electrons. The van der Waals surface area contributed by atoms with E-state index in [1.165, 1.54) is 16.7 Å². The summed E-state index contributed by atoms with van der Waals surface area (Å²) in [5, 5.41) is 8.55. The summed E-state index contributed by atoms with van der Waals surface area (Å²) in [7, 11) is 8.18. The highest BCUT2D eigenvalue weighted by molar-refractivity contribution is 5.31. The van der Waals surface area contributed by atoms with Gasteiger partial charge in [0.05, 0.1) is 11.6 Å². The Labute approximate surface area is 146 Å². The Morgan fingerprint density at radius 3 is 1.46 bits per heavy atom. The van der Waals surface area contributed by atoms with Crippen molar-refractivity contribution in [2.45, 2.75) is 19.6 Å². The smallest absolute Gasteiger partial charge is 0.0991 e. The molecule has 0 fully saturated rings. The second-order valence-corrected chi connectivity index (χ2v) is 6.30. The average Bonchev–Trinajstić information content (AvgIpc) is 2.56. The molecule has 0 aliphatic rings. The lowest BCUT2D eigenvalue weighted by Crippen LogP contribution is -2.10. The van der Waals surface area contributed by atoms with E-state index in [9.17, 15) is 0 Å². The lowest BCUT2D eigenvalue weighted by Gasteiger charge is -2.09. The first-order valence-corrected chi connectivity index (χ1v) is 8.01. The van der Waals surface area contributed by atoms with Gasteiger partial charge in [-0.1, -0.05) is 36.4 Å². The van der Waals surface area contributed by atoms with E-state index in [0.29, 0.717) is 6.54 Å². The number of nitrogens with two attached hydrogens (primary N) is 1. The highest BCUT2D eigenvalue weighted by Gasteiger charge is 1.95. The molecule has 24 heavy (non-hydrogen) atoms. The van der Waals surface area contributed by atoms with Crippen LogP contribution in [0.2, 0.25) is 0 Å². The standard InChI is InChI=1S/C10H16N2.C10H12N2/c2*1-12(2)8-10-5-3-9(7-11)4-6-10/h3-6H,7-8,11H2,1-2H3;3-6H,8H2,1-2H3. The van der Waals surface area contributed by atoms with Crippen molar-refractivity contribution in [1.82, 2.24) is 9.80 Å². The van der Waals surface area contributed by atoms with Crippen LogP contribution in [0.1, 0.15) is 22.3 Å². The minimum absolute atomic E-state index is 0.627. The van der Waals surface area contributed by atoms with E-state index >= 15 is 0 Å². The fraction of sp³-hybridized carbons (Fsp3) is 0.350. The first-order valence-electron chi connectivity index (χ1n) is 8.01. The van der Waals surface area contributed by atoms with Crippen LogP contribution >= 0.6 is 0 Å². The van der Waals surface area contributed by atoms with Gasteiger partial charge in [-0.25, -0.2) is 0 Å². The minimum atomic E-state index is 0.627. The zero-order valence-electron chi connectivity index (χ0n) is 15.2. The third-order valence-electron chi connectivity index (χ3n) is 3.34. The summed E-state index contributed by atoms with van der Waals surface area (Å²) in [6.45, 7) is 2.54. The molecular formula is C20H28N4. The molecule has 0 heterocycles. The van der Waals surface area contributed by atoms with Gasteiger partial charge in [0.25, 0.3) is 0 Å². The number of nitriles is 1. The lowest BCUT2D eigenvalue weighted by molar-refractivity contribution is 0.402. The Kier molecular flexibility index (Phi) is 8.74. The fourth-order valence-corrected chi connectivity index (χ4v) is 2.20. The highest BCUT2D eigenvalue weighted by Crippen LogP contribution is 2.05. The molecule has 0 saturated heterocycles. The molecule has 2 aromatic rings. The van der Waals surface area contributed by atoms with E-state index in [2.05, 4.69) is 54.2 Å². The van der Waals surface area contributed by atoms with Gasteiger partial charge in [0, 0.05) is 19.6 Å². The molecule has 0 saturated carbocycles. The van der Waals surface area contributed by atoms with Crippen LogP contribution in [0.15, 0.2) is 48.5 Å². The molecule has 2 N–H and O–H groups in total. The van der Waals surface area contributed by atoms with Crippen molar-refractivity contribution in [2.75, 3.05) is 28.2 Å². The first kappa shape index (κ1) is 19.9. The van der Waals surface area contributed by atoms with Crippen molar-refractivity contribution in [3.63, 3.8) is 0 Å². The lowest BCUT2D eigenvalue weighted by atomic mass is 10.1. The van der Waals surface area contributed by atoms with Gasteiger partial charge in [-0.3, -0.25) is 0 Å². The summed E-state index contributed by atoms with van der Waals surface area (Å²) in [6, 6.07) is 18.2. The van der Waals surface area contributed by atoms with Crippen LogP contribution in [-0.4, -0.2) is 38.0 Å². The second kappa shape index (κ2) is 10.6. The van der Waals surface area contributed by atoms with E-state index in [4.69, 9.17) is 11.0 Å². The maximum absolute atomic E-state index is 8.55. The molecule has 4 heteroatoms. The molecule has 0 aliphatic heterocycles. The highest BCUT2D eigenvalue weighted by atomic mass is 15.1. The summed E-state index contributed by atoms with van der Waals surface area (Å²) < 4.78 is 0. The van der Waals surface area contributed by atoms with Crippen molar-refractivity contribution in [1.29, 1.82) is 5.26 Å². The Bertz CT molecular complexity index is 622. The van der Waals surface area contributed by atoms with Crippen LogP contribution in [0.25, 0.3) is 0 Å². The van der Waals surface area contributed by atoms with Gasteiger partial charge in [0.1, 0.15) is 0 Å². The third kappa shape index (κ3) is 7.89. The average molecular weight is 324 g/mol. The number of nitrogens with zero attached hydrogens (tertiary/aromatic N) is 3. The van der Waals surface area contributed by atoms with E-state index in [-0.39, 0.29) is 0 Å². The molecule has 0 unspecified atom stereocenters. The first-order chi connectivity index (χ1) is 11.4. The zero-order valence-corrected chi connectivity index (χ0v) is 15.2. The molecule has 4 nitrogen and oxygen atoms in total. The van der Waals surface area contributed by atoms with Gasteiger partial charge >= 0.3 is 0 Å². The Hall–Kier alpha value is -2.19. The monoisotopic (exact) mass is 324 g/mol. The molecule has 2 rings (SSSR count). The van der Waals surface area contributed by atoms with Gasteiger partial charge < -0.3 is 15.5 Å².